The van der Waals surface area contributed by atoms with Gasteiger partial charge in [-0.3, -0.25) is 0 Å². The van der Waals surface area contributed by atoms with Gasteiger partial charge in [0.05, 0.1) is 16.9 Å². The van der Waals surface area contributed by atoms with Crippen molar-refractivity contribution in [2.45, 2.75) is 47.9 Å². The minimum Gasteiger partial charge on any atom is -0.468 e. The molecule has 0 amide bonds. The Morgan fingerprint density at radius 2 is 1.33 bits per heavy atom. The minimum atomic E-state index is -4.35. The molecule has 7 nitrogen and oxygen atoms in total. The second-order valence-electron chi connectivity index (χ2n) is 10.1. The summed E-state index contributed by atoms with van der Waals surface area (Å²) in [6, 6.07) is 23.5. The second-order valence-corrected chi connectivity index (χ2v) is 14.0. The van der Waals surface area contributed by atoms with Crippen LogP contribution in [0.1, 0.15) is 34.4 Å². The number of methoxy groups -OCH3 is 1. The lowest BCUT2D eigenvalue weighted by Crippen LogP contribution is -2.62. The van der Waals surface area contributed by atoms with Gasteiger partial charge in [0.25, 0.3) is 0 Å². The minimum absolute atomic E-state index is 0.0121. The summed E-state index contributed by atoms with van der Waals surface area (Å²) in [5.74, 6) is -0.960. The van der Waals surface area contributed by atoms with Gasteiger partial charge < -0.3 is 4.74 Å². The summed E-state index contributed by atoms with van der Waals surface area (Å²) in [5.41, 5.74) is 0.490. The van der Waals surface area contributed by atoms with Crippen LogP contribution in [0, 0.1) is 13.8 Å². The van der Waals surface area contributed by atoms with Gasteiger partial charge in [0.15, 0.2) is 15.4 Å². The predicted molar refractivity (Wildman–Crippen MR) is 149 cm³/mol. The van der Waals surface area contributed by atoms with Crippen molar-refractivity contribution in [3.8, 4) is 0 Å². The Morgan fingerprint density at radius 1 is 0.821 bits per heavy atom. The van der Waals surface area contributed by atoms with E-state index >= 15 is 0 Å². The van der Waals surface area contributed by atoms with Crippen LogP contribution in [0.25, 0.3) is 10.8 Å². The number of ether oxygens (including phenoxy) is 1. The third kappa shape index (κ3) is 4.34. The summed E-state index contributed by atoms with van der Waals surface area (Å²) in [6.07, 6.45) is 0. The van der Waals surface area contributed by atoms with Crippen LogP contribution < -0.4 is 0 Å². The number of sulfonamides is 1. The van der Waals surface area contributed by atoms with Gasteiger partial charge in [-0.2, -0.15) is 4.31 Å². The number of carbonyl (C=O) groups is 1. The molecule has 0 aromatic heterocycles. The van der Waals surface area contributed by atoms with Gasteiger partial charge in [0.1, 0.15) is 5.25 Å². The maximum atomic E-state index is 14.5. The van der Waals surface area contributed by atoms with Gasteiger partial charge in [0.2, 0.25) is 10.0 Å². The van der Waals surface area contributed by atoms with Crippen molar-refractivity contribution in [2.24, 2.45) is 0 Å². The Balaban J connectivity index is 1.86. The maximum Gasteiger partial charge on any atom is 0.328 e. The van der Waals surface area contributed by atoms with E-state index in [0.29, 0.717) is 11.1 Å². The number of fused-ring (bicyclic) bond motifs is 2. The molecule has 39 heavy (non-hydrogen) atoms. The molecule has 1 heterocycles. The van der Waals surface area contributed by atoms with E-state index < -0.39 is 36.6 Å². The summed E-state index contributed by atoms with van der Waals surface area (Å²) in [4.78, 5) is 13.6. The van der Waals surface area contributed by atoms with Crippen LogP contribution in [0.15, 0.2) is 94.7 Å². The SMILES string of the molecule is COC(=O)[C@@]1(C)[C@@H](S(=O)(=O)c2ccc(C)cc2)c2cc3ccccc3cc2CN1S(=O)(=O)c1ccc(C)cc1. The zero-order valence-corrected chi connectivity index (χ0v) is 23.7. The first-order valence-corrected chi connectivity index (χ1v) is 15.4. The predicted octanol–water partition coefficient (Wildman–Crippen LogP) is 5.11. The Labute approximate surface area is 229 Å². The lowest BCUT2D eigenvalue weighted by atomic mass is 9.84. The van der Waals surface area contributed by atoms with Gasteiger partial charge in [-0.15, -0.1) is 0 Å². The highest BCUT2D eigenvalue weighted by molar-refractivity contribution is 7.92. The van der Waals surface area contributed by atoms with Crippen LogP contribution in [0.5, 0.6) is 0 Å². The van der Waals surface area contributed by atoms with Crippen molar-refractivity contribution < 1.29 is 26.4 Å². The number of hydrogen-bond donors (Lipinski definition) is 0. The summed E-state index contributed by atoms with van der Waals surface area (Å²) >= 11 is 0. The van der Waals surface area contributed by atoms with Crippen molar-refractivity contribution >= 4 is 36.6 Å². The lowest BCUT2D eigenvalue weighted by molar-refractivity contribution is -0.152. The number of aryl methyl sites for hydroxylation is 2. The first-order valence-electron chi connectivity index (χ1n) is 12.4. The second kappa shape index (κ2) is 9.59. The summed E-state index contributed by atoms with van der Waals surface area (Å²) in [6.45, 7) is 4.81. The van der Waals surface area contributed by atoms with Crippen LogP contribution in [-0.4, -0.2) is 39.8 Å². The summed E-state index contributed by atoms with van der Waals surface area (Å²) < 4.78 is 63.4. The molecular weight excluding hydrogens is 534 g/mol. The molecule has 0 aliphatic carbocycles. The molecule has 0 N–H and O–H groups in total. The molecule has 1 aliphatic heterocycles. The van der Waals surface area contributed by atoms with E-state index in [0.717, 1.165) is 33.3 Å². The summed E-state index contributed by atoms with van der Waals surface area (Å²) in [7, 11) is -7.53. The molecule has 0 saturated heterocycles. The molecular formula is C30H29NO6S2. The van der Waals surface area contributed by atoms with E-state index in [4.69, 9.17) is 4.74 Å². The molecule has 1 aliphatic rings. The van der Waals surface area contributed by atoms with E-state index in [1.165, 1.54) is 31.2 Å². The van der Waals surface area contributed by atoms with E-state index in [9.17, 15) is 21.6 Å². The third-order valence-corrected chi connectivity index (χ3v) is 11.7. The molecule has 0 fully saturated rings. The molecule has 2 atom stereocenters. The van der Waals surface area contributed by atoms with Gasteiger partial charge in [0, 0.05) is 6.54 Å². The number of hydrogen-bond acceptors (Lipinski definition) is 6. The molecule has 4 aromatic carbocycles. The fraction of sp³-hybridized carbons (Fsp3) is 0.233. The molecule has 0 bridgehead atoms. The topological polar surface area (TPSA) is 97.8 Å². The van der Waals surface area contributed by atoms with Crippen molar-refractivity contribution in [3.63, 3.8) is 0 Å². The maximum absolute atomic E-state index is 14.5. The lowest BCUT2D eigenvalue weighted by Gasteiger charge is -2.46. The Kier molecular flexibility index (Phi) is 6.65. The molecule has 0 unspecified atom stereocenters. The molecule has 202 valence electrons. The fourth-order valence-corrected chi connectivity index (χ4v) is 9.32. The zero-order valence-electron chi connectivity index (χ0n) is 22.1. The van der Waals surface area contributed by atoms with Crippen molar-refractivity contribution in [2.75, 3.05) is 7.11 Å². The Bertz CT molecular complexity index is 1800. The number of carbonyl (C=O) groups excluding carboxylic acids is 1. The molecule has 0 radical (unpaired) electrons. The average Bonchev–Trinajstić information content (AvgIpc) is 2.91. The first-order chi connectivity index (χ1) is 18.4. The van der Waals surface area contributed by atoms with Gasteiger partial charge >= 0.3 is 5.97 Å². The van der Waals surface area contributed by atoms with Crippen LogP contribution in [-0.2, 0) is 35.9 Å². The molecule has 9 heteroatoms. The monoisotopic (exact) mass is 563 g/mol. The highest BCUT2D eigenvalue weighted by Crippen LogP contribution is 2.50. The van der Waals surface area contributed by atoms with Crippen molar-refractivity contribution in [3.05, 3.63) is 107 Å². The number of sulfone groups is 1. The van der Waals surface area contributed by atoms with E-state index in [1.54, 1.807) is 36.4 Å². The smallest absolute Gasteiger partial charge is 0.328 e. The normalized spacial score (nSPS) is 19.9. The standard InChI is InChI=1S/C30H29NO6S2/c1-20-9-13-25(14-10-20)38(33,34)28-27-18-23-8-6-5-7-22(23)17-24(27)19-31(30(28,3)29(32)37-4)39(35,36)26-15-11-21(2)12-16-26/h5-18,28H,19H2,1-4H3/t28-,30+/m0/s1. The number of rotatable bonds is 5. The number of nitrogens with zero attached hydrogens (tertiary/aromatic N) is 1. The highest BCUT2D eigenvalue weighted by atomic mass is 32.2. The number of benzene rings is 4. The molecule has 4 aromatic rings. The van der Waals surface area contributed by atoms with Crippen LogP contribution >= 0.6 is 0 Å². The summed E-state index contributed by atoms with van der Waals surface area (Å²) in [5, 5.41) is 0.0354. The fourth-order valence-electron chi connectivity index (χ4n) is 5.36. The van der Waals surface area contributed by atoms with E-state index in [1.807, 2.05) is 38.1 Å². The van der Waals surface area contributed by atoms with Crippen molar-refractivity contribution in [1.82, 2.24) is 4.31 Å². The van der Waals surface area contributed by atoms with E-state index in [-0.39, 0.29) is 16.3 Å². The van der Waals surface area contributed by atoms with E-state index in [2.05, 4.69) is 0 Å². The van der Waals surface area contributed by atoms with Crippen LogP contribution in [0.2, 0.25) is 0 Å². The largest absolute Gasteiger partial charge is 0.468 e. The molecule has 0 saturated carbocycles. The quantitative estimate of drug-likeness (QED) is 0.313. The van der Waals surface area contributed by atoms with Crippen LogP contribution in [0.3, 0.4) is 0 Å². The molecule has 0 spiro atoms. The Hall–Kier alpha value is -3.53. The van der Waals surface area contributed by atoms with Gasteiger partial charge in [-0.1, -0.05) is 59.7 Å². The average molecular weight is 564 g/mol. The van der Waals surface area contributed by atoms with Crippen LogP contribution in [0.4, 0.5) is 0 Å². The first kappa shape index (κ1) is 27.1. The third-order valence-electron chi connectivity index (χ3n) is 7.50. The van der Waals surface area contributed by atoms with Gasteiger partial charge in [-0.25, -0.2) is 21.6 Å². The van der Waals surface area contributed by atoms with Gasteiger partial charge in [-0.05, 0) is 79.1 Å². The number of esters is 1. The highest BCUT2D eigenvalue weighted by Gasteiger charge is 2.61. The zero-order chi connectivity index (χ0) is 28.2. The van der Waals surface area contributed by atoms with Crippen molar-refractivity contribution in [1.29, 1.82) is 0 Å². The Morgan fingerprint density at radius 3 is 1.87 bits per heavy atom. The molecule has 5 rings (SSSR count).